The summed E-state index contributed by atoms with van der Waals surface area (Å²) in [5.74, 6) is -0.723. The van der Waals surface area contributed by atoms with Crippen molar-refractivity contribution in [2.75, 3.05) is 6.54 Å². The van der Waals surface area contributed by atoms with E-state index in [9.17, 15) is 8.78 Å². The van der Waals surface area contributed by atoms with Crippen LogP contribution in [0.3, 0.4) is 0 Å². The molecule has 128 valence electrons. The van der Waals surface area contributed by atoms with E-state index >= 15 is 0 Å². The molecule has 3 aromatic rings. The molecule has 5 nitrogen and oxygen atoms in total. The van der Waals surface area contributed by atoms with E-state index in [0.29, 0.717) is 23.9 Å². The number of aromatic nitrogens is 3. The predicted octanol–water partition coefficient (Wildman–Crippen LogP) is 3.75. The summed E-state index contributed by atoms with van der Waals surface area (Å²) in [5, 5.41) is 8.24. The molecule has 2 aromatic heterocycles. The molecule has 25 heavy (non-hydrogen) atoms. The Bertz CT molecular complexity index is 869. The molecule has 1 aromatic carbocycles. The smallest absolute Gasteiger partial charge is 0.249 e. The van der Waals surface area contributed by atoms with Crippen LogP contribution in [0.25, 0.3) is 11.5 Å². The summed E-state index contributed by atoms with van der Waals surface area (Å²) in [7, 11) is 0. The molecule has 1 aliphatic heterocycles. The Hall–Kier alpha value is -2.67. The van der Waals surface area contributed by atoms with Crippen molar-refractivity contribution in [2.24, 2.45) is 0 Å². The average molecular weight is 342 g/mol. The second-order valence-corrected chi connectivity index (χ2v) is 6.03. The SMILES string of the molecule is Fc1cccc(CN2CCC[C@H]2c2nnc(-c3cccnc3)o2)c1F. The summed E-state index contributed by atoms with van der Waals surface area (Å²) in [6.45, 7) is 1.07. The Morgan fingerprint density at radius 1 is 1.16 bits per heavy atom. The van der Waals surface area contributed by atoms with E-state index in [-0.39, 0.29) is 6.04 Å². The van der Waals surface area contributed by atoms with Gasteiger partial charge in [0.15, 0.2) is 11.6 Å². The maximum atomic E-state index is 14.0. The standard InChI is InChI=1S/C18H16F2N4O/c19-14-6-1-4-13(16(14)20)11-24-9-3-7-15(24)18-23-22-17(25-18)12-5-2-8-21-10-12/h1-2,4-6,8,10,15H,3,7,9,11H2/t15-/m0/s1. The van der Waals surface area contributed by atoms with Gasteiger partial charge in [0.25, 0.3) is 0 Å². The molecule has 0 bridgehead atoms. The van der Waals surface area contributed by atoms with Crippen LogP contribution >= 0.6 is 0 Å². The molecular weight excluding hydrogens is 326 g/mol. The van der Waals surface area contributed by atoms with Crippen LogP contribution in [0.4, 0.5) is 8.78 Å². The van der Waals surface area contributed by atoms with Crippen molar-refractivity contribution in [3.63, 3.8) is 0 Å². The molecule has 0 spiro atoms. The van der Waals surface area contributed by atoms with Gasteiger partial charge in [0.05, 0.1) is 11.6 Å². The zero-order chi connectivity index (χ0) is 17.2. The molecule has 0 saturated carbocycles. The largest absolute Gasteiger partial charge is 0.419 e. The average Bonchev–Trinajstić information content (AvgIpc) is 3.29. The molecule has 0 radical (unpaired) electrons. The highest BCUT2D eigenvalue weighted by atomic mass is 19.2. The van der Waals surface area contributed by atoms with E-state index in [2.05, 4.69) is 15.2 Å². The summed E-state index contributed by atoms with van der Waals surface area (Å²) in [6.07, 6.45) is 5.11. The molecule has 1 saturated heterocycles. The molecular formula is C18H16F2N4O. The van der Waals surface area contributed by atoms with E-state index in [4.69, 9.17) is 4.42 Å². The van der Waals surface area contributed by atoms with Gasteiger partial charge in [0.1, 0.15) is 0 Å². The molecule has 1 aliphatic rings. The number of nitrogens with zero attached hydrogens (tertiary/aromatic N) is 4. The maximum absolute atomic E-state index is 14.0. The number of likely N-dealkylation sites (tertiary alicyclic amines) is 1. The molecule has 4 rings (SSSR count). The Morgan fingerprint density at radius 2 is 2.08 bits per heavy atom. The number of rotatable bonds is 4. The lowest BCUT2D eigenvalue weighted by molar-refractivity contribution is 0.212. The topological polar surface area (TPSA) is 55.1 Å². The zero-order valence-corrected chi connectivity index (χ0v) is 13.4. The molecule has 7 heteroatoms. The number of hydrogen-bond acceptors (Lipinski definition) is 5. The fraction of sp³-hybridized carbons (Fsp3) is 0.278. The van der Waals surface area contributed by atoms with Crippen molar-refractivity contribution in [3.8, 4) is 11.5 Å². The lowest BCUT2D eigenvalue weighted by atomic mass is 10.1. The number of pyridine rings is 1. The van der Waals surface area contributed by atoms with E-state index in [1.165, 1.54) is 6.07 Å². The van der Waals surface area contributed by atoms with Crippen molar-refractivity contribution in [2.45, 2.75) is 25.4 Å². The van der Waals surface area contributed by atoms with Crippen molar-refractivity contribution in [1.82, 2.24) is 20.1 Å². The van der Waals surface area contributed by atoms with Crippen molar-refractivity contribution in [1.29, 1.82) is 0 Å². The highest BCUT2D eigenvalue weighted by Crippen LogP contribution is 2.34. The number of halogens is 2. The first kappa shape index (κ1) is 15.8. The molecule has 3 heterocycles. The lowest BCUT2D eigenvalue weighted by Crippen LogP contribution is -2.23. The van der Waals surface area contributed by atoms with Crippen molar-refractivity contribution in [3.05, 3.63) is 65.8 Å². The summed E-state index contributed by atoms with van der Waals surface area (Å²) >= 11 is 0. The maximum Gasteiger partial charge on any atom is 0.249 e. The van der Waals surface area contributed by atoms with Gasteiger partial charge >= 0.3 is 0 Å². The lowest BCUT2D eigenvalue weighted by Gasteiger charge is -2.21. The zero-order valence-electron chi connectivity index (χ0n) is 13.4. The monoisotopic (exact) mass is 342 g/mol. The van der Waals surface area contributed by atoms with Gasteiger partial charge < -0.3 is 4.42 Å². The Labute approximate surface area is 143 Å². The normalized spacial score (nSPS) is 17.9. The first-order valence-electron chi connectivity index (χ1n) is 8.13. The first-order valence-corrected chi connectivity index (χ1v) is 8.13. The van der Waals surface area contributed by atoms with Crippen molar-refractivity contribution < 1.29 is 13.2 Å². The van der Waals surface area contributed by atoms with Gasteiger partial charge in [-0.3, -0.25) is 9.88 Å². The quantitative estimate of drug-likeness (QED) is 0.723. The van der Waals surface area contributed by atoms with Crippen LogP contribution in [-0.4, -0.2) is 26.6 Å². The van der Waals surface area contributed by atoms with Crippen LogP contribution in [0.2, 0.25) is 0 Å². The van der Waals surface area contributed by atoms with E-state index < -0.39 is 11.6 Å². The van der Waals surface area contributed by atoms with E-state index in [1.807, 2.05) is 11.0 Å². The third kappa shape index (κ3) is 3.15. The van der Waals surface area contributed by atoms with E-state index in [0.717, 1.165) is 31.0 Å². The first-order chi connectivity index (χ1) is 12.2. The predicted molar refractivity (Wildman–Crippen MR) is 86.3 cm³/mol. The molecule has 1 atom stereocenters. The fourth-order valence-electron chi connectivity index (χ4n) is 3.16. The summed E-state index contributed by atoms with van der Waals surface area (Å²) in [5.41, 5.74) is 1.08. The fourth-order valence-corrected chi connectivity index (χ4v) is 3.16. The van der Waals surface area contributed by atoms with Gasteiger partial charge in [-0.05, 0) is 37.6 Å². The van der Waals surface area contributed by atoms with Crippen LogP contribution in [0.15, 0.2) is 47.1 Å². The second-order valence-electron chi connectivity index (χ2n) is 6.03. The molecule has 0 unspecified atom stereocenters. The summed E-state index contributed by atoms with van der Waals surface area (Å²) < 4.78 is 33.2. The highest BCUT2D eigenvalue weighted by Gasteiger charge is 2.31. The van der Waals surface area contributed by atoms with Crippen LogP contribution in [0.5, 0.6) is 0 Å². The minimum absolute atomic E-state index is 0.0967. The van der Waals surface area contributed by atoms with Crippen LogP contribution in [-0.2, 0) is 6.54 Å². The van der Waals surface area contributed by atoms with Gasteiger partial charge in [-0.1, -0.05) is 12.1 Å². The van der Waals surface area contributed by atoms with Crippen LogP contribution in [0.1, 0.15) is 30.3 Å². The molecule has 1 fully saturated rings. The van der Waals surface area contributed by atoms with Gasteiger partial charge in [-0.25, -0.2) is 8.78 Å². The molecule has 0 aliphatic carbocycles. The Kier molecular flexibility index (Phi) is 4.23. The Balaban J connectivity index is 1.56. The second kappa shape index (κ2) is 6.68. The minimum Gasteiger partial charge on any atom is -0.419 e. The third-order valence-corrected chi connectivity index (χ3v) is 4.40. The van der Waals surface area contributed by atoms with Crippen LogP contribution in [0, 0.1) is 11.6 Å². The van der Waals surface area contributed by atoms with Crippen LogP contribution < -0.4 is 0 Å². The highest BCUT2D eigenvalue weighted by molar-refractivity contribution is 5.50. The van der Waals surface area contributed by atoms with Gasteiger partial charge in [0.2, 0.25) is 11.8 Å². The summed E-state index contributed by atoms with van der Waals surface area (Å²) in [4.78, 5) is 6.08. The van der Waals surface area contributed by atoms with E-state index in [1.54, 1.807) is 24.5 Å². The molecule has 0 amide bonds. The molecule has 0 N–H and O–H groups in total. The minimum atomic E-state index is -0.829. The van der Waals surface area contributed by atoms with Gasteiger partial charge in [0, 0.05) is 24.5 Å². The number of hydrogen-bond donors (Lipinski definition) is 0. The number of benzene rings is 1. The van der Waals surface area contributed by atoms with Gasteiger partial charge in [-0.2, -0.15) is 0 Å². The summed E-state index contributed by atoms with van der Waals surface area (Å²) in [6, 6.07) is 7.79. The van der Waals surface area contributed by atoms with Gasteiger partial charge in [-0.15, -0.1) is 10.2 Å². The third-order valence-electron chi connectivity index (χ3n) is 4.40. The van der Waals surface area contributed by atoms with Crippen molar-refractivity contribution >= 4 is 0 Å². The Morgan fingerprint density at radius 3 is 2.92 bits per heavy atom.